The van der Waals surface area contributed by atoms with E-state index in [9.17, 15) is 0 Å². The Bertz CT molecular complexity index is 273. The third-order valence-electron chi connectivity index (χ3n) is 1.81. The van der Waals surface area contributed by atoms with Crippen LogP contribution in [-0.2, 0) is 0 Å². The second-order valence-electron chi connectivity index (χ2n) is 2.87. The molecule has 1 aromatic rings. The fourth-order valence-corrected chi connectivity index (χ4v) is 1.44. The Morgan fingerprint density at radius 3 is 2.67 bits per heavy atom. The summed E-state index contributed by atoms with van der Waals surface area (Å²) in [6, 6.07) is 5.65. The molecule has 0 saturated carbocycles. The van der Waals surface area contributed by atoms with Crippen LogP contribution in [0.15, 0.2) is 18.2 Å². The fraction of sp³-hybridized carbons (Fsp3) is 0.333. The quantitative estimate of drug-likeness (QED) is 0.734. The number of benzene rings is 1. The van der Waals surface area contributed by atoms with Crippen molar-refractivity contribution in [2.24, 2.45) is 11.5 Å². The van der Waals surface area contributed by atoms with E-state index in [1.165, 1.54) is 0 Å². The predicted octanol–water partition coefficient (Wildman–Crippen LogP) is 1.61. The first-order valence-corrected chi connectivity index (χ1v) is 4.24. The number of hydrogen-bond donors (Lipinski definition) is 2. The largest absolute Gasteiger partial charge is 0.329 e. The lowest BCUT2D eigenvalue weighted by Crippen LogP contribution is -2.20. The number of nitrogens with two attached hydrogens (primary N) is 2. The van der Waals surface area contributed by atoms with Crippen molar-refractivity contribution in [1.29, 1.82) is 0 Å². The molecule has 0 aromatic heterocycles. The molecule has 4 N–H and O–H groups in total. The van der Waals surface area contributed by atoms with Gasteiger partial charge in [-0.2, -0.15) is 0 Å². The van der Waals surface area contributed by atoms with Crippen LogP contribution in [0.2, 0.25) is 5.02 Å². The molecule has 0 aliphatic rings. The van der Waals surface area contributed by atoms with Gasteiger partial charge in [0.15, 0.2) is 0 Å². The topological polar surface area (TPSA) is 52.0 Å². The summed E-state index contributed by atoms with van der Waals surface area (Å²) in [5.41, 5.74) is 13.2. The van der Waals surface area contributed by atoms with Gasteiger partial charge in [0.25, 0.3) is 0 Å². The standard InChI is InChI=1S/C9H13ClN2/c1-6-2-3-7(8(10)4-6)9(12)5-11/h2-4,9H,5,11-12H2,1H3/t9-/m1/s1. The fourth-order valence-electron chi connectivity index (χ4n) is 1.06. The van der Waals surface area contributed by atoms with Gasteiger partial charge in [0.1, 0.15) is 0 Å². The van der Waals surface area contributed by atoms with Crippen molar-refractivity contribution in [2.45, 2.75) is 13.0 Å². The minimum atomic E-state index is -0.155. The number of hydrogen-bond acceptors (Lipinski definition) is 2. The zero-order valence-electron chi connectivity index (χ0n) is 7.05. The summed E-state index contributed by atoms with van der Waals surface area (Å²) < 4.78 is 0. The molecule has 12 heavy (non-hydrogen) atoms. The predicted molar refractivity (Wildman–Crippen MR) is 52.2 cm³/mol. The normalized spacial score (nSPS) is 13.0. The Hall–Kier alpha value is -0.570. The van der Waals surface area contributed by atoms with Gasteiger partial charge in [-0.05, 0) is 24.1 Å². The first kappa shape index (κ1) is 9.52. The van der Waals surface area contributed by atoms with Crippen LogP contribution in [0.3, 0.4) is 0 Å². The molecule has 1 rings (SSSR count). The van der Waals surface area contributed by atoms with Crippen LogP contribution in [0.4, 0.5) is 0 Å². The van der Waals surface area contributed by atoms with Gasteiger partial charge in [0.05, 0.1) is 0 Å². The average Bonchev–Trinajstić information content (AvgIpc) is 2.03. The second kappa shape index (κ2) is 3.90. The van der Waals surface area contributed by atoms with Crippen molar-refractivity contribution in [3.8, 4) is 0 Å². The Balaban J connectivity index is 3.01. The molecule has 0 heterocycles. The zero-order chi connectivity index (χ0) is 9.14. The Labute approximate surface area is 77.5 Å². The van der Waals surface area contributed by atoms with Crippen LogP contribution in [-0.4, -0.2) is 6.54 Å². The van der Waals surface area contributed by atoms with E-state index in [0.29, 0.717) is 11.6 Å². The molecule has 1 atom stereocenters. The first-order valence-electron chi connectivity index (χ1n) is 3.87. The maximum atomic E-state index is 5.97. The van der Waals surface area contributed by atoms with Gasteiger partial charge < -0.3 is 11.5 Å². The summed E-state index contributed by atoms with van der Waals surface area (Å²) >= 11 is 5.97. The lowest BCUT2D eigenvalue weighted by Gasteiger charge is -2.11. The highest BCUT2D eigenvalue weighted by Crippen LogP contribution is 2.21. The van der Waals surface area contributed by atoms with Crippen LogP contribution in [0, 0.1) is 6.92 Å². The molecule has 0 saturated heterocycles. The summed E-state index contributed by atoms with van der Waals surface area (Å²) in [5, 5.41) is 0.702. The smallest absolute Gasteiger partial charge is 0.0456 e. The highest BCUT2D eigenvalue weighted by Gasteiger charge is 2.07. The van der Waals surface area contributed by atoms with Crippen molar-refractivity contribution < 1.29 is 0 Å². The van der Waals surface area contributed by atoms with Crippen LogP contribution < -0.4 is 11.5 Å². The van der Waals surface area contributed by atoms with Gasteiger partial charge in [-0.25, -0.2) is 0 Å². The minimum absolute atomic E-state index is 0.155. The van der Waals surface area contributed by atoms with Crippen LogP contribution in [0.25, 0.3) is 0 Å². The molecule has 0 aliphatic heterocycles. The lowest BCUT2D eigenvalue weighted by molar-refractivity contribution is 0.737. The number of aryl methyl sites for hydroxylation is 1. The third-order valence-corrected chi connectivity index (χ3v) is 2.14. The molecular formula is C9H13ClN2. The molecule has 0 spiro atoms. The molecule has 0 radical (unpaired) electrons. The molecular weight excluding hydrogens is 172 g/mol. The molecule has 0 aliphatic carbocycles. The molecule has 0 bridgehead atoms. The van der Waals surface area contributed by atoms with E-state index in [1.807, 2.05) is 25.1 Å². The van der Waals surface area contributed by atoms with Crippen LogP contribution in [0.5, 0.6) is 0 Å². The van der Waals surface area contributed by atoms with E-state index < -0.39 is 0 Å². The van der Waals surface area contributed by atoms with E-state index in [1.54, 1.807) is 0 Å². The molecule has 0 amide bonds. The van der Waals surface area contributed by atoms with E-state index in [2.05, 4.69) is 0 Å². The van der Waals surface area contributed by atoms with E-state index >= 15 is 0 Å². The number of rotatable bonds is 2. The summed E-state index contributed by atoms with van der Waals surface area (Å²) in [6.45, 7) is 2.41. The molecule has 0 fully saturated rings. The molecule has 66 valence electrons. The minimum Gasteiger partial charge on any atom is -0.329 e. The molecule has 1 aromatic carbocycles. The van der Waals surface area contributed by atoms with Gasteiger partial charge in [-0.15, -0.1) is 0 Å². The summed E-state index contributed by atoms with van der Waals surface area (Å²) in [6.07, 6.45) is 0. The maximum Gasteiger partial charge on any atom is 0.0456 e. The maximum absolute atomic E-state index is 5.97. The van der Waals surface area contributed by atoms with Gasteiger partial charge in [-0.1, -0.05) is 23.7 Å². The molecule has 2 nitrogen and oxygen atoms in total. The number of halogens is 1. The first-order chi connectivity index (χ1) is 5.65. The monoisotopic (exact) mass is 184 g/mol. The summed E-state index contributed by atoms with van der Waals surface area (Å²) in [7, 11) is 0. The lowest BCUT2D eigenvalue weighted by atomic mass is 10.1. The van der Waals surface area contributed by atoms with Gasteiger partial charge in [0, 0.05) is 17.6 Å². The van der Waals surface area contributed by atoms with Gasteiger partial charge in [-0.3, -0.25) is 0 Å². The van der Waals surface area contributed by atoms with Crippen molar-refractivity contribution in [2.75, 3.05) is 6.54 Å². The molecule has 0 unspecified atom stereocenters. The van der Waals surface area contributed by atoms with Crippen molar-refractivity contribution in [3.05, 3.63) is 34.3 Å². The Kier molecular flexibility index (Phi) is 3.09. The van der Waals surface area contributed by atoms with Crippen molar-refractivity contribution >= 4 is 11.6 Å². The average molecular weight is 185 g/mol. The Morgan fingerprint density at radius 1 is 1.50 bits per heavy atom. The highest BCUT2D eigenvalue weighted by atomic mass is 35.5. The van der Waals surface area contributed by atoms with Gasteiger partial charge >= 0.3 is 0 Å². The SMILES string of the molecule is Cc1ccc([C@H](N)CN)c(Cl)c1. The highest BCUT2D eigenvalue weighted by molar-refractivity contribution is 6.31. The van der Waals surface area contributed by atoms with Crippen LogP contribution >= 0.6 is 11.6 Å². The zero-order valence-corrected chi connectivity index (χ0v) is 7.81. The van der Waals surface area contributed by atoms with E-state index in [4.69, 9.17) is 23.1 Å². The van der Waals surface area contributed by atoms with E-state index in [-0.39, 0.29) is 6.04 Å². The Morgan fingerprint density at radius 2 is 2.17 bits per heavy atom. The van der Waals surface area contributed by atoms with Gasteiger partial charge in [0.2, 0.25) is 0 Å². The summed E-state index contributed by atoms with van der Waals surface area (Å²) in [4.78, 5) is 0. The summed E-state index contributed by atoms with van der Waals surface area (Å²) in [5.74, 6) is 0. The van der Waals surface area contributed by atoms with E-state index in [0.717, 1.165) is 11.1 Å². The second-order valence-corrected chi connectivity index (χ2v) is 3.27. The van der Waals surface area contributed by atoms with Crippen LogP contribution in [0.1, 0.15) is 17.2 Å². The van der Waals surface area contributed by atoms with Crippen molar-refractivity contribution in [1.82, 2.24) is 0 Å². The molecule has 3 heteroatoms. The van der Waals surface area contributed by atoms with Crippen molar-refractivity contribution in [3.63, 3.8) is 0 Å². The third kappa shape index (κ3) is 1.97.